The molecule has 0 spiro atoms. The van der Waals surface area contributed by atoms with E-state index < -0.39 is 10.0 Å². The van der Waals surface area contributed by atoms with Crippen molar-refractivity contribution in [3.63, 3.8) is 0 Å². The number of hydrogen-bond acceptors (Lipinski definition) is 3. The molecule has 0 bridgehead atoms. The van der Waals surface area contributed by atoms with Crippen LogP contribution in [0.4, 0.5) is 5.69 Å². The SMILES string of the molecule is CCc1cccc(CC)c1NS(=O)(=O)CC1CCCNC1. The molecular formula is C16H26N2O2S. The number of sulfonamides is 1. The van der Waals surface area contributed by atoms with Gasteiger partial charge in [0.2, 0.25) is 10.0 Å². The molecule has 1 aromatic rings. The van der Waals surface area contributed by atoms with E-state index in [1.54, 1.807) is 0 Å². The highest BCUT2D eigenvalue weighted by Crippen LogP contribution is 2.24. The van der Waals surface area contributed by atoms with Gasteiger partial charge in [-0.25, -0.2) is 8.42 Å². The van der Waals surface area contributed by atoms with Gasteiger partial charge in [-0.15, -0.1) is 0 Å². The Morgan fingerprint density at radius 1 is 1.24 bits per heavy atom. The molecule has 1 saturated heterocycles. The Bertz CT molecular complexity index is 541. The van der Waals surface area contributed by atoms with Gasteiger partial charge < -0.3 is 5.32 Å². The molecule has 1 unspecified atom stereocenters. The highest BCUT2D eigenvalue weighted by atomic mass is 32.2. The van der Waals surface area contributed by atoms with Crippen LogP contribution in [0.3, 0.4) is 0 Å². The first-order valence-corrected chi connectivity index (χ1v) is 9.53. The normalized spacial score (nSPS) is 19.4. The van der Waals surface area contributed by atoms with E-state index in [9.17, 15) is 8.42 Å². The third-order valence-electron chi connectivity index (χ3n) is 4.11. The lowest BCUT2D eigenvalue weighted by molar-refractivity contribution is 0.404. The van der Waals surface area contributed by atoms with Crippen LogP contribution < -0.4 is 10.0 Å². The molecule has 21 heavy (non-hydrogen) atoms. The van der Waals surface area contributed by atoms with Gasteiger partial charge in [-0.05, 0) is 55.8 Å². The second-order valence-electron chi connectivity index (χ2n) is 5.75. The summed E-state index contributed by atoms with van der Waals surface area (Å²) in [4.78, 5) is 0. The Morgan fingerprint density at radius 2 is 1.90 bits per heavy atom. The Balaban J connectivity index is 2.15. The quantitative estimate of drug-likeness (QED) is 0.849. The summed E-state index contributed by atoms with van der Waals surface area (Å²) in [6.45, 7) is 5.91. The number of piperidine rings is 1. The lowest BCUT2D eigenvalue weighted by atomic mass is 10.0. The van der Waals surface area contributed by atoms with Gasteiger partial charge in [0, 0.05) is 0 Å². The van der Waals surface area contributed by atoms with Gasteiger partial charge in [0.15, 0.2) is 0 Å². The summed E-state index contributed by atoms with van der Waals surface area (Å²) in [5.41, 5.74) is 2.94. The molecule has 1 heterocycles. The number of para-hydroxylation sites is 1. The van der Waals surface area contributed by atoms with Crippen LogP contribution >= 0.6 is 0 Å². The average molecular weight is 310 g/mol. The third-order valence-corrected chi connectivity index (χ3v) is 5.54. The van der Waals surface area contributed by atoms with E-state index >= 15 is 0 Å². The molecule has 118 valence electrons. The van der Waals surface area contributed by atoms with Gasteiger partial charge in [0.1, 0.15) is 0 Å². The minimum atomic E-state index is -3.29. The molecule has 5 heteroatoms. The van der Waals surface area contributed by atoms with Crippen molar-refractivity contribution < 1.29 is 8.42 Å². The van der Waals surface area contributed by atoms with Gasteiger partial charge in [-0.1, -0.05) is 32.0 Å². The highest BCUT2D eigenvalue weighted by molar-refractivity contribution is 7.92. The number of benzene rings is 1. The second-order valence-corrected chi connectivity index (χ2v) is 7.52. The summed E-state index contributed by atoms with van der Waals surface area (Å²) in [7, 11) is -3.29. The van der Waals surface area contributed by atoms with Crippen molar-refractivity contribution in [1.29, 1.82) is 0 Å². The summed E-state index contributed by atoms with van der Waals surface area (Å²) in [5.74, 6) is 0.427. The minimum Gasteiger partial charge on any atom is -0.316 e. The van der Waals surface area contributed by atoms with Gasteiger partial charge in [-0.2, -0.15) is 0 Å². The first-order chi connectivity index (χ1) is 10.1. The van der Waals surface area contributed by atoms with E-state index in [0.29, 0.717) is 0 Å². The topological polar surface area (TPSA) is 58.2 Å². The molecule has 1 fully saturated rings. The number of rotatable bonds is 6. The predicted octanol–water partition coefficient (Wildman–Crippen LogP) is 2.55. The van der Waals surface area contributed by atoms with E-state index in [1.165, 1.54) is 0 Å². The highest BCUT2D eigenvalue weighted by Gasteiger charge is 2.22. The molecule has 0 saturated carbocycles. The molecule has 1 aromatic carbocycles. The predicted molar refractivity (Wildman–Crippen MR) is 88.2 cm³/mol. The van der Waals surface area contributed by atoms with E-state index in [2.05, 4.69) is 23.9 Å². The zero-order valence-corrected chi connectivity index (χ0v) is 13.8. The molecule has 2 rings (SSSR count). The Labute approximate surface area is 128 Å². The van der Waals surface area contributed by atoms with Crippen LogP contribution in [-0.2, 0) is 22.9 Å². The van der Waals surface area contributed by atoms with E-state index in [4.69, 9.17) is 0 Å². The van der Waals surface area contributed by atoms with Crippen LogP contribution in [0.2, 0.25) is 0 Å². The van der Waals surface area contributed by atoms with Gasteiger partial charge >= 0.3 is 0 Å². The molecule has 4 nitrogen and oxygen atoms in total. The largest absolute Gasteiger partial charge is 0.316 e. The summed E-state index contributed by atoms with van der Waals surface area (Å²) in [6, 6.07) is 6.00. The van der Waals surface area contributed by atoms with Crippen molar-refractivity contribution in [1.82, 2.24) is 5.32 Å². The second kappa shape index (κ2) is 7.27. The number of aryl methyl sites for hydroxylation is 2. The smallest absolute Gasteiger partial charge is 0.233 e. The van der Waals surface area contributed by atoms with Crippen molar-refractivity contribution in [3.05, 3.63) is 29.3 Å². The van der Waals surface area contributed by atoms with Crippen LogP contribution in [0.15, 0.2) is 18.2 Å². The van der Waals surface area contributed by atoms with Gasteiger partial charge in [-0.3, -0.25) is 4.72 Å². The number of hydrogen-bond donors (Lipinski definition) is 2. The summed E-state index contributed by atoms with van der Waals surface area (Å²) < 4.78 is 27.8. The molecular weight excluding hydrogens is 284 g/mol. The fourth-order valence-corrected chi connectivity index (χ4v) is 4.51. The Morgan fingerprint density at radius 3 is 2.43 bits per heavy atom. The fourth-order valence-electron chi connectivity index (χ4n) is 2.95. The molecule has 0 amide bonds. The lowest BCUT2D eigenvalue weighted by Gasteiger charge is -2.23. The maximum Gasteiger partial charge on any atom is 0.233 e. The summed E-state index contributed by atoms with van der Waals surface area (Å²) in [5, 5.41) is 3.27. The molecule has 0 aliphatic carbocycles. The molecule has 0 radical (unpaired) electrons. The molecule has 1 aliphatic heterocycles. The first-order valence-electron chi connectivity index (χ1n) is 7.87. The first kappa shape index (κ1) is 16.3. The van der Waals surface area contributed by atoms with Crippen LogP contribution in [0.25, 0.3) is 0 Å². The standard InChI is InChI=1S/C16H26N2O2S/c1-3-14-8-5-9-15(4-2)16(14)18-21(19,20)12-13-7-6-10-17-11-13/h5,8-9,13,17-18H,3-4,6-7,10-12H2,1-2H3. The van der Waals surface area contributed by atoms with E-state index in [1.807, 2.05) is 18.2 Å². The van der Waals surface area contributed by atoms with E-state index in [0.717, 1.165) is 55.6 Å². The maximum absolute atomic E-state index is 12.5. The lowest BCUT2D eigenvalue weighted by Crippen LogP contribution is -2.35. The van der Waals surface area contributed by atoms with Crippen LogP contribution in [0, 0.1) is 5.92 Å². The molecule has 2 N–H and O–H groups in total. The molecule has 1 atom stereocenters. The zero-order chi connectivity index (χ0) is 15.3. The fraction of sp³-hybridized carbons (Fsp3) is 0.625. The zero-order valence-electron chi connectivity index (χ0n) is 13.0. The third kappa shape index (κ3) is 4.45. The van der Waals surface area contributed by atoms with Gasteiger partial charge in [0.05, 0.1) is 11.4 Å². The summed E-state index contributed by atoms with van der Waals surface area (Å²) in [6.07, 6.45) is 3.71. The van der Waals surface area contributed by atoms with Crippen LogP contribution in [0.5, 0.6) is 0 Å². The van der Waals surface area contributed by atoms with Crippen LogP contribution in [0.1, 0.15) is 37.8 Å². The van der Waals surface area contributed by atoms with Crippen molar-refractivity contribution in [2.45, 2.75) is 39.5 Å². The Hall–Kier alpha value is -1.07. The van der Waals surface area contributed by atoms with Crippen molar-refractivity contribution in [3.8, 4) is 0 Å². The van der Waals surface area contributed by atoms with Gasteiger partial charge in [0.25, 0.3) is 0 Å². The van der Waals surface area contributed by atoms with Crippen molar-refractivity contribution >= 4 is 15.7 Å². The molecule has 1 aliphatic rings. The number of anilines is 1. The minimum absolute atomic E-state index is 0.210. The Kier molecular flexibility index (Phi) is 5.65. The molecule has 0 aromatic heterocycles. The van der Waals surface area contributed by atoms with Crippen molar-refractivity contribution in [2.75, 3.05) is 23.6 Å². The van der Waals surface area contributed by atoms with E-state index in [-0.39, 0.29) is 11.7 Å². The summed E-state index contributed by atoms with van der Waals surface area (Å²) >= 11 is 0. The monoisotopic (exact) mass is 310 g/mol. The van der Waals surface area contributed by atoms with Crippen molar-refractivity contribution in [2.24, 2.45) is 5.92 Å². The number of nitrogens with one attached hydrogen (secondary N) is 2. The average Bonchev–Trinajstić information content (AvgIpc) is 2.47. The maximum atomic E-state index is 12.5. The van der Waals surface area contributed by atoms with Crippen LogP contribution in [-0.4, -0.2) is 27.3 Å².